The first-order valence-corrected chi connectivity index (χ1v) is 6.20. The summed E-state index contributed by atoms with van der Waals surface area (Å²) < 4.78 is 14.1. The number of aliphatic hydroxyl groups is 1. The van der Waals surface area contributed by atoms with Crippen LogP contribution < -0.4 is 5.32 Å². The number of carbonyl (C=O) groups excluding carboxylic acids is 1. The van der Waals surface area contributed by atoms with Gasteiger partial charge in [-0.1, -0.05) is 22.9 Å². The Labute approximate surface area is 108 Å². The standard InChI is InChI=1S/C12H15BrFNO2/c1-2-8(7-16)12(17)15-6-9-5-10(13)3-4-11(9)14/h3-5,8,16H,2,6-7H2,1H3,(H,15,17). The third kappa shape index (κ3) is 4.09. The van der Waals surface area contributed by atoms with Gasteiger partial charge in [0.05, 0.1) is 12.5 Å². The first-order valence-electron chi connectivity index (χ1n) is 5.41. The van der Waals surface area contributed by atoms with E-state index in [0.717, 1.165) is 4.47 Å². The van der Waals surface area contributed by atoms with Crippen molar-refractivity contribution in [3.8, 4) is 0 Å². The number of hydrogen-bond acceptors (Lipinski definition) is 2. The Hall–Kier alpha value is -0.940. The molecule has 0 aliphatic heterocycles. The molecule has 1 amide bonds. The molecule has 0 fully saturated rings. The highest BCUT2D eigenvalue weighted by Gasteiger charge is 2.15. The summed E-state index contributed by atoms with van der Waals surface area (Å²) in [6, 6.07) is 4.56. The van der Waals surface area contributed by atoms with Crippen LogP contribution in [0.4, 0.5) is 4.39 Å². The van der Waals surface area contributed by atoms with E-state index in [9.17, 15) is 9.18 Å². The second-order valence-corrected chi connectivity index (χ2v) is 4.66. The summed E-state index contributed by atoms with van der Waals surface area (Å²) in [5.41, 5.74) is 0.417. The van der Waals surface area contributed by atoms with Crippen LogP contribution in [0.25, 0.3) is 0 Å². The van der Waals surface area contributed by atoms with Gasteiger partial charge < -0.3 is 10.4 Å². The van der Waals surface area contributed by atoms with E-state index in [4.69, 9.17) is 5.11 Å². The molecule has 1 atom stereocenters. The molecule has 0 saturated heterocycles. The summed E-state index contributed by atoms with van der Waals surface area (Å²) >= 11 is 3.24. The zero-order valence-electron chi connectivity index (χ0n) is 9.54. The summed E-state index contributed by atoms with van der Waals surface area (Å²) in [7, 11) is 0. The second-order valence-electron chi connectivity index (χ2n) is 3.74. The monoisotopic (exact) mass is 303 g/mol. The second kappa shape index (κ2) is 6.71. The number of aliphatic hydroxyl groups excluding tert-OH is 1. The van der Waals surface area contributed by atoms with Crippen molar-refractivity contribution in [1.82, 2.24) is 5.32 Å². The third-order valence-corrected chi connectivity index (χ3v) is 3.04. The molecule has 94 valence electrons. The molecule has 1 rings (SSSR count). The number of rotatable bonds is 5. The SMILES string of the molecule is CCC(CO)C(=O)NCc1cc(Br)ccc1F. The molecule has 0 aromatic heterocycles. The van der Waals surface area contributed by atoms with Crippen molar-refractivity contribution in [3.63, 3.8) is 0 Å². The van der Waals surface area contributed by atoms with Gasteiger partial charge in [0.1, 0.15) is 5.82 Å². The summed E-state index contributed by atoms with van der Waals surface area (Å²) in [5.74, 6) is -1.04. The van der Waals surface area contributed by atoms with Gasteiger partial charge in [0.25, 0.3) is 0 Å². The maximum absolute atomic E-state index is 13.4. The van der Waals surface area contributed by atoms with Crippen molar-refractivity contribution in [2.24, 2.45) is 5.92 Å². The fourth-order valence-electron chi connectivity index (χ4n) is 1.40. The van der Waals surface area contributed by atoms with E-state index in [2.05, 4.69) is 21.2 Å². The molecular formula is C12H15BrFNO2. The quantitative estimate of drug-likeness (QED) is 0.876. The van der Waals surface area contributed by atoms with Crippen molar-refractivity contribution >= 4 is 21.8 Å². The van der Waals surface area contributed by atoms with Crippen LogP contribution in [0.3, 0.4) is 0 Å². The molecule has 0 radical (unpaired) electrons. The molecule has 5 heteroatoms. The minimum atomic E-state index is -0.426. The number of hydrogen-bond donors (Lipinski definition) is 2. The normalized spacial score (nSPS) is 12.2. The van der Waals surface area contributed by atoms with Crippen molar-refractivity contribution in [2.75, 3.05) is 6.61 Å². The average Bonchev–Trinajstić information content (AvgIpc) is 2.32. The smallest absolute Gasteiger partial charge is 0.225 e. The predicted octanol–water partition coefficient (Wildman–Crippen LogP) is 2.22. The molecule has 0 bridgehead atoms. The lowest BCUT2D eigenvalue weighted by molar-refractivity contribution is -0.126. The lowest BCUT2D eigenvalue weighted by Crippen LogP contribution is -2.32. The first kappa shape index (κ1) is 14.1. The van der Waals surface area contributed by atoms with Gasteiger partial charge in [-0.25, -0.2) is 4.39 Å². The maximum atomic E-state index is 13.4. The van der Waals surface area contributed by atoms with Gasteiger partial charge in [0, 0.05) is 16.6 Å². The van der Waals surface area contributed by atoms with Crippen LogP contribution in [0.15, 0.2) is 22.7 Å². The third-order valence-electron chi connectivity index (χ3n) is 2.54. The van der Waals surface area contributed by atoms with Gasteiger partial charge in [-0.05, 0) is 24.6 Å². The molecule has 0 spiro atoms. The van der Waals surface area contributed by atoms with E-state index in [-0.39, 0.29) is 24.9 Å². The average molecular weight is 304 g/mol. The molecule has 17 heavy (non-hydrogen) atoms. The maximum Gasteiger partial charge on any atom is 0.225 e. The fourth-order valence-corrected chi connectivity index (χ4v) is 1.81. The highest BCUT2D eigenvalue weighted by atomic mass is 79.9. The van der Waals surface area contributed by atoms with Gasteiger partial charge in [0.15, 0.2) is 0 Å². The van der Waals surface area contributed by atoms with Crippen LogP contribution >= 0.6 is 15.9 Å². The highest BCUT2D eigenvalue weighted by Crippen LogP contribution is 2.15. The molecule has 3 nitrogen and oxygen atoms in total. The zero-order valence-corrected chi connectivity index (χ0v) is 11.1. The molecule has 0 aliphatic rings. The Bertz CT molecular complexity index is 394. The molecule has 1 aromatic rings. The Morgan fingerprint density at radius 2 is 2.29 bits per heavy atom. The summed E-state index contributed by atoms with van der Waals surface area (Å²) in [5, 5.41) is 11.6. The molecule has 2 N–H and O–H groups in total. The Balaban J connectivity index is 2.61. The van der Waals surface area contributed by atoms with E-state index in [1.807, 2.05) is 6.92 Å². The molecule has 0 heterocycles. The fraction of sp³-hybridized carbons (Fsp3) is 0.417. The summed E-state index contributed by atoms with van der Waals surface area (Å²) in [4.78, 5) is 11.6. The minimum Gasteiger partial charge on any atom is -0.396 e. The molecule has 1 aromatic carbocycles. The lowest BCUT2D eigenvalue weighted by Gasteiger charge is -2.12. The molecule has 0 saturated carbocycles. The zero-order chi connectivity index (χ0) is 12.8. The van der Waals surface area contributed by atoms with E-state index in [1.165, 1.54) is 6.07 Å². The van der Waals surface area contributed by atoms with Gasteiger partial charge in [-0.3, -0.25) is 4.79 Å². The van der Waals surface area contributed by atoms with E-state index in [1.54, 1.807) is 12.1 Å². The minimum absolute atomic E-state index is 0.126. The van der Waals surface area contributed by atoms with Crippen LogP contribution in [-0.4, -0.2) is 17.6 Å². The molecule has 1 unspecified atom stereocenters. The van der Waals surface area contributed by atoms with E-state index >= 15 is 0 Å². The number of nitrogens with one attached hydrogen (secondary N) is 1. The Morgan fingerprint density at radius 3 is 2.88 bits per heavy atom. The van der Waals surface area contributed by atoms with Crippen LogP contribution in [0.5, 0.6) is 0 Å². The van der Waals surface area contributed by atoms with Crippen molar-refractivity contribution in [2.45, 2.75) is 19.9 Å². The Kier molecular flexibility index (Phi) is 5.58. The number of carbonyl (C=O) groups is 1. The van der Waals surface area contributed by atoms with Gasteiger partial charge >= 0.3 is 0 Å². The van der Waals surface area contributed by atoms with Gasteiger partial charge in [0.2, 0.25) is 5.91 Å². The molecule has 0 aliphatic carbocycles. The topological polar surface area (TPSA) is 49.3 Å². The number of halogens is 2. The largest absolute Gasteiger partial charge is 0.396 e. The van der Waals surface area contributed by atoms with Crippen LogP contribution in [-0.2, 0) is 11.3 Å². The van der Waals surface area contributed by atoms with Gasteiger partial charge in [-0.2, -0.15) is 0 Å². The predicted molar refractivity (Wildman–Crippen MR) is 66.8 cm³/mol. The number of benzene rings is 1. The van der Waals surface area contributed by atoms with Crippen molar-refractivity contribution < 1.29 is 14.3 Å². The van der Waals surface area contributed by atoms with Crippen LogP contribution in [0.1, 0.15) is 18.9 Å². The summed E-state index contributed by atoms with van der Waals surface area (Å²) in [6.45, 7) is 1.75. The number of amides is 1. The first-order chi connectivity index (χ1) is 8.08. The molecular weight excluding hydrogens is 289 g/mol. The lowest BCUT2D eigenvalue weighted by atomic mass is 10.1. The Morgan fingerprint density at radius 1 is 1.59 bits per heavy atom. The van der Waals surface area contributed by atoms with Crippen molar-refractivity contribution in [3.05, 3.63) is 34.1 Å². The van der Waals surface area contributed by atoms with Crippen LogP contribution in [0.2, 0.25) is 0 Å². The van der Waals surface area contributed by atoms with Gasteiger partial charge in [-0.15, -0.1) is 0 Å². The summed E-state index contributed by atoms with van der Waals surface area (Å²) in [6.07, 6.45) is 0.559. The highest BCUT2D eigenvalue weighted by molar-refractivity contribution is 9.10. The van der Waals surface area contributed by atoms with E-state index in [0.29, 0.717) is 12.0 Å². The van der Waals surface area contributed by atoms with Crippen LogP contribution in [0, 0.1) is 11.7 Å². The van der Waals surface area contributed by atoms with Crippen molar-refractivity contribution in [1.29, 1.82) is 0 Å². The van der Waals surface area contributed by atoms with E-state index < -0.39 is 5.92 Å².